The Bertz CT molecular complexity index is 506. The Morgan fingerprint density at radius 1 is 1.31 bits per heavy atom. The van der Waals surface area contributed by atoms with E-state index >= 15 is 0 Å². The molecule has 2 aromatic heterocycles. The molecule has 0 spiro atoms. The van der Waals surface area contributed by atoms with Crippen molar-refractivity contribution in [2.75, 3.05) is 0 Å². The van der Waals surface area contributed by atoms with Crippen LogP contribution < -0.4 is 0 Å². The van der Waals surface area contributed by atoms with Gasteiger partial charge in [0.2, 0.25) is 0 Å². The lowest BCUT2D eigenvalue weighted by atomic mass is 10.1. The van der Waals surface area contributed by atoms with Crippen LogP contribution in [0.3, 0.4) is 0 Å². The number of rotatable bonds is 2. The molecule has 0 bridgehead atoms. The summed E-state index contributed by atoms with van der Waals surface area (Å²) in [6.45, 7) is 3.69. The summed E-state index contributed by atoms with van der Waals surface area (Å²) in [5.41, 5.74) is 3.05. The van der Waals surface area contributed by atoms with E-state index in [2.05, 4.69) is 15.3 Å². The predicted molar refractivity (Wildman–Crippen MR) is 58.8 cm³/mol. The SMILES string of the molecule is Cc1cc(C(O)c2ccnn2C)c(C)nn1. The van der Waals surface area contributed by atoms with Crippen molar-refractivity contribution in [1.29, 1.82) is 0 Å². The molecule has 0 amide bonds. The van der Waals surface area contributed by atoms with Gasteiger partial charge in [-0.2, -0.15) is 15.3 Å². The average Bonchev–Trinajstić information content (AvgIpc) is 2.67. The molecule has 0 radical (unpaired) electrons. The van der Waals surface area contributed by atoms with Crippen LogP contribution in [0, 0.1) is 13.8 Å². The van der Waals surface area contributed by atoms with E-state index in [9.17, 15) is 5.11 Å². The van der Waals surface area contributed by atoms with Gasteiger partial charge in [-0.3, -0.25) is 4.68 Å². The average molecular weight is 218 g/mol. The van der Waals surface area contributed by atoms with Crippen LogP contribution in [0.5, 0.6) is 0 Å². The Hall–Kier alpha value is -1.75. The van der Waals surface area contributed by atoms with Gasteiger partial charge in [-0.25, -0.2) is 0 Å². The fourth-order valence-electron chi connectivity index (χ4n) is 1.66. The monoisotopic (exact) mass is 218 g/mol. The largest absolute Gasteiger partial charge is 0.382 e. The summed E-state index contributed by atoms with van der Waals surface area (Å²) in [6.07, 6.45) is 0.955. The van der Waals surface area contributed by atoms with Gasteiger partial charge in [-0.1, -0.05) is 0 Å². The first-order chi connectivity index (χ1) is 7.59. The van der Waals surface area contributed by atoms with Crippen LogP contribution in [0.15, 0.2) is 18.3 Å². The third kappa shape index (κ3) is 1.81. The zero-order valence-electron chi connectivity index (χ0n) is 9.55. The van der Waals surface area contributed by atoms with Gasteiger partial charge in [0.1, 0.15) is 6.10 Å². The second-order valence-corrected chi connectivity index (χ2v) is 3.81. The van der Waals surface area contributed by atoms with Gasteiger partial charge in [0.15, 0.2) is 0 Å². The molecule has 0 saturated carbocycles. The number of aliphatic hydroxyl groups is 1. The van der Waals surface area contributed by atoms with Gasteiger partial charge >= 0.3 is 0 Å². The molecular formula is C11H14N4O. The highest BCUT2D eigenvalue weighted by atomic mass is 16.3. The van der Waals surface area contributed by atoms with E-state index in [0.29, 0.717) is 0 Å². The minimum atomic E-state index is -0.707. The summed E-state index contributed by atoms with van der Waals surface area (Å²) in [6, 6.07) is 3.64. The maximum atomic E-state index is 10.2. The highest BCUT2D eigenvalue weighted by Gasteiger charge is 2.17. The van der Waals surface area contributed by atoms with Crippen molar-refractivity contribution in [2.24, 2.45) is 7.05 Å². The van der Waals surface area contributed by atoms with E-state index in [1.54, 1.807) is 24.0 Å². The fraction of sp³-hybridized carbons (Fsp3) is 0.364. The second kappa shape index (κ2) is 4.02. The predicted octanol–water partition coefficient (Wildman–Crippen LogP) is 0.909. The molecule has 2 heterocycles. The van der Waals surface area contributed by atoms with Crippen molar-refractivity contribution in [3.8, 4) is 0 Å². The lowest BCUT2D eigenvalue weighted by Crippen LogP contribution is -2.10. The molecule has 16 heavy (non-hydrogen) atoms. The van der Waals surface area contributed by atoms with Crippen molar-refractivity contribution in [2.45, 2.75) is 20.0 Å². The van der Waals surface area contributed by atoms with Crippen LogP contribution in [0.4, 0.5) is 0 Å². The van der Waals surface area contributed by atoms with Crippen molar-refractivity contribution < 1.29 is 5.11 Å². The van der Waals surface area contributed by atoms with Crippen molar-refractivity contribution in [3.63, 3.8) is 0 Å². The minimum absolute atomic E-state index is 0.707. The Balaban J connectivity index is 2.45. The Morgan fingerprint density at radius 2 is 2.06 bits per heavy atom. The molecular weight excluding hydrogens is 204 g/mol. The smallest absolute Gasteiger partial charge is 0.122 e. The summed E-state index contributed by atoms with van der Waals surface area (Å²) in [4.78, 5) is 0. The molecule has 0 aliphatic heterocycles. The first-order valence-electron chi connectivity index (χ1n) is 5.06. The normalized spacial score (nSPS) is 12.8. The van der Waals surface area contributed by atoms with Crippen LogP contribution in [-0.2, 0) is 7.05 Å². The molecule has 0 aliphatic carbocycles. The molecule has 1 N–H and O–H groups in total. The Kier molecular flexibility index (Phi) is 2.70. The van der Waals surface area contributed by atoms with E-state index in [1.807, 2.05) is 19.9 Å². The van der Waals surface area contributed by atoms with Gasteiger partial charge in [0.25, 0.3) is 0 Å². The molecule has 1 atom stereocenters. The van der Waals surface area contributed by atoms with E-state index in [-0.39, 0.29) is 0 Å². The number of aliphatic hydroxyl groups excluding tert-OH is 1. The fourth-order valence-corrected chi connectivity index (χ4v) is 1.66. The van der Waals surface area contributed by atoms with Crippen LogP contribution >= 0.6 is 0 Å². The number of aromatic nitrogens is 4. The van der Waals surface area contributed by atoms with Gasteiger partial charge in [-0.05, 0) is 26.0 Å². The number of hydrogen-bond donors (Lipinski definition) is 1. The Labute approximate surface area is 93.8 Å². The zero-order valence-corrected chi connectivity index (χ0v) is 9.55. The summed E-state index contributed by atoms with van der Waals surface area (Å²) in [5, 5.41) is 22.2. The summed E-state index contributed by atoms with van der Waals surface area (Å²) in [7, 11) is 1.80. The van der Waals surface area contributed by atoms with E-state index in [4.69, 9.17) is 0 Å². The standard InChI is InChI=1S/C11H14N4O/c1-7-6-9(8(2)14-13-7)11(16)10-4-5-12-15(10)3/h4-6,11,16H,1-3H3. The lowest BCUT2D eigenvalue weighted by molar-refractivity contribution is 0.208. The van der Waals surface area contributed by atoms with Crippen molar-refractivity contribution in [3.05, 3.63) is 41.0 Å². The first kappa shape index (κ1) is 10.8. The summed E-state index contributed by atoms with van der Waals surface area (Å²) >= 11 is 0. The maximum Gasteiger partial charge on any atom is 0.122 e. The molecule has 0 aromatic carbocycles. The number of nitrogens with zero attached hydrogens (tertiary/aromatic N) is 4. The van der Waals surface area contributed by atoms with Crippen LogP contribution in [0.1, 0.15) is 28.7 Å². The topological polar surface area (TPSA) is 63.8 Å². The summed E-state index contributed by atoms with van der Waals surface area (Å²) < 4.78 is 1.65. The van der Waals surface area contributed by atoms with Gasteiger partial charge in [0, 0.05) is 18.8 Å². The second-order valence-electron chi connectivity index (χ2n) is 3.81. The van der Waals surface area contributed by atoms with Crippen LogP contribution in [0.2, 0.25) is 0 Å². The zero-order chi connectivity index (χ0) is 11.7. The minimum Gasteiger partial charge on any atom is -0.382 e. The van der Waals surface area contributed by atoms with E-state index in [0.717, 1.165) is 22.6 Å². The molecule has 2 aromatic rings. The third-order valence-electron chi connectivity index (χ3n) is 2.57. The highest BCUT2D eigenvalue weighted by molar-refractivity contribution is 5.28. The van der Waals surface area contributed by atoms with E-state index in [1.165, 1.54) is 0 Å². The maximum absolute atomic E-state index is 10.2. The highest BCUT2D eigenvalue weighted by Crippen LogP contribution is 2.22. The third-order valence-corrected chi connectivity index (χ3v) is 2.57. The molecule has 0 fully saturated rings. The number of hydrogen-bond acceptors (Lipinski definition) is 4. The molecule has 1 unspecified atom stereocenters. The van der Waals surface area contributed by atoms with Crippen LogP contribution in [0.25, 0.3) is 0 Å². The number of aryl methyl sites for hydroxylation is 3. The Morgan fingerprint density at radius 3 is 2.69 bits per heavy atom. The van der Waals surface area contributed by atoms with Gasteiger partial charge in [0.05, 0.1) is 17.1 Å². The molecule has 84 valence electrons. The summed E-state index contributed by atoms with van der Waals surface area (Å²) in [5.74, 6) is 0. The van der Waals surface area contributed by atoms with Crippen molar-refractivity contribution in [1.82, 2.24) is 20.0 Å². The van der Waals surface area contributed by atoms with Crippen LogP contribution in [-0.4, -0.2) is 25.1 Å². The molecule has 2 rings (SSSR count). The molecule has 0 aliphatic rings. The van der Waals surface area contributed by atoms with Crippen molar-refractivity contribution >= 4 is 0 Å². The van der Waals surface area contributed by atoms with Gasteiger partial charge < -0.3 is 5.11 Å². The molecule has 5 nitrogen and oxygen atoms in total. The molecule has 5 heteroatoms. The van der Waals surface area contributed by atoms with Gasteiger partial charge in [-0.15, -0.1) is 0 Å². The lowest BCUT2D eigenvalue weighted by Gasteiger charge is -2.13. The van der Waals surface area contributed by atoms with E-state index < -0.39 is 6.10 Å². The molecule has 0 saturated heterocycles. The quantitative estimate of drug-likeness (QED) is 0.813. The first-order valence-corrected chi connectivity index (χ1v) is 5.06.